The molecule has 1 saturated heterocycles. The number of sulfonamides is 1. The van der Waals surface area contributed by atoms with Crippen LogP contribution in [0.4, 0.5) is 22.0 Å². The van der Waals surface area contributed by atoms with Gasteiger partial charge >= 0.3 is 6.18 Å². The van der Waals surface area contributed by atoms with Crippen molar-refractivity contribution in [3.8, 4) is 17.9 Å². The molecule has 14 heteroatoms. The van der Waals surface area contributed by atoms with Crippen molar-refractivity contribution in [1.29, 1.82) is 10.5 Å². The third-order valence-corrected chi connectivity index (χ3v) is 7.01. The molecule has 0 amide bonds. The van der Waals surface area contributed by atoms with Crippen molar-refractivity contribution in [3.05, 3.63) is 58.7 Å². The van der Waals surface area contributed by atoms with Crippen LogP contribution < -0.4 is 4.74 Å². The van der Waals surface area contributed by atoms with E-state index in [1.165, 1.54) is 12.1 Å². The van der Waals surface area contributed by atoms with Gasteiger partial charge in [-0.2, -0.15) is 28.0 Å². The molecule has 2 aromatic carbocycles. The highest BCUT2D eigenvalue weighted by Gasteiger charge is 2.51. The van der Waals surface area contributed by atoms with Crippen LogP contribution in [0.15, 0.2) is 35.2 Å². The van der Waals surface area contributed by atoms with E-state index in [0.29, 0.717) is 34.6 Å². The van der Waals surface area contributed by atoms with Crippen molar-refractivity contribution in [2.24, 2.45) is 0 Å². The fourth-order valence-electron chi connectivity index (χ4n) is 3.36. The van der Waals surface area contributed by atoms with Crippen LogP contribution in [0.1, 0.15) is 16.7 Å². The van der Waals surface area contributed by atoms with Crippen LogP contribution in [0.5, 0.6) is 5.75 Å². The van der Waals surface area contributed by atoms with Gasteiger partial charge in [-0.25, -0.2) is 17.2 Å². The highest BCUT2D eigenvalue weighted by atomic mass is 32.2. The van der Waals surface area contributed by atoms with Gasteiger partial charge in [-0.3, -0.25) is 0 Å². The molecule has 0 aliphatic carbocycles. The van der Waals surface area contributed by atoms with Crippen LogP contribution in [-0.4, -0.2) is 54.3 Å². The Morgan fingerprint density at radius 2 is 1.76 bits per heavy atom. The molecule has 34 heavy (non-hydrogen) atoms. The van der Waals surface area contributed by atoms with Gasteiger partial charge in [0.2, 0.25) is 10.0 Å². The first-order valence-electron chi connectivity index (χ1n) is 9.27. The summed E-state index contributed by atoms with van der Waals surface area (Å²) in [6.07, 6.45) is -6.40. The summed E-state index contributed by atoms with van der Waals surface area (Å²) in [6, 6.07) is 5.36. The Kier molecular flexibility index (Phi) is 6.56. The van der Waals surface area contributed by atoms with E-state index in [1.54, 1.807) is 0 Å². The first-order chi connectivity index (χ1) is 15.8. The lowest BCUT2D eigenvalue weighted by molar-refractivity contribution is -0.137. The van der Waals surface area contributed by atoms with Crippen molar-refractivity contribution in [1.82, 2.24) is 4.31 Å². The Labute approximate surface area is 189 Å². The lowest BCUT2D eigenvalue weighted by atomic mass is 10.0. The molecule has 0 saturated carbocycles. The molecule has 1 aliphatic heterocycles. The molecular formula is C20H14F5N3O5S. The van der Waals surface area contributed by atoms with Gasteiger partial charge in [-0.1, -0.05) is 0 Å². The maximum atomic E-state index is 13.9. The first kappa shape index (κ1) is 25.3. The van der Waals surface area contributed by atoms with Gasteiger partial charge < -0.3 is 14.9 Å². The number of aliphatic hydroxyl groups excluding tert-OH is 1. The van der Waals surface area contributed by atoms with Crippen molar-refractivity contribution in [3.63, 3.8) is 0 Å². The topological polar surface area (TPSA) is 135 Å². The fraction of sp³-hybridized carbons (Fsp3) is 0.300. The average Bonchev–Trinajstić information content (AvgIpc) is 3.10. The molecule has 8 nitrogen and oxygen atoms in total. The summed E-state index contributed by atoms with van der Waals surface area (Å²) >= 11 is 0. The van der Waals surface area contributed by atoms with E-state index in [0.717, 1.165) is 0 Å². The predicted molar refractivity (Wildman–Crippen MR) is 102 cm³/mol. The lowest BCUT2D eigenvalue weighted by Gasteiger charge is -2.27. The summed E-state index contributed by atoms with van der Waals surface area (Å²) in [5.74, 6) is -3.08. The zero-order valence-electron chi connectivity index (χ0n) is 16.8. The third kappa shape index (κ3) is 4.53. The van der Waals surface area contributed by atoms with Gasteiger partial charge in [0, 0.05) is 18.7 Å². The molecule has 2 atom stereocenters. The molecule has 1 aliphatic rings. The minimum Gasteiger partial charge on any atom is -0.486 e. The molecule has 1 heterocycles. The van der Waals surface area contributed by atoms with Gasteiger partial charge in [0.1, 0.15) is 46.8 Å². The van der Waals surface area contributed by atoms with Gasteiger partial charge in [-0.05, 0) is 18.2 Å². The monoisotopic (exact) mass is 503 g/mol. The van der Waals surface area contributed by atoms with Crippen LogP contribution >= 0.6 is 0 Å². The number of hydrogen-bond donors (Lipinski definition) is 2. The maximum Gasteiger partial charge on any atom is 0.416 e. The summed E-state index contributed by atoms with van der Waals surface area (Å²) in [6.45, 7) is -2.54. The molecule has 0 bridgehead atoms. The zero-order chi connectivity index (χ0) is 25.5. The molecule has 0 spiro atoms. The molecule has 0 aromatic heterocycles. The Hall–Kier alpha value is -3.30. The standard InChI is InChI=1S/C20H14F5N3O5S/c21-15-4-13(5-16(22)14(15)7-27)33-18-8-28(9-19(18,30)10-29)34(31,32)17-2-1-12(20(23,24)25)3-11(17)6-26/h1-5,18,29-30H,8-10H2/t18-,19+/m0/s1. The van der Waals surface area contributed by atoms with E-state index in [2.05, 4.69) is 0 Å². The minimum atomic E-state index is -4.83. The summed E-state index contributed by atoms with van der Waals surface area (Å²) < 4.78 is 98.5. The van der Waals surface area contributed by atoms with E-state index >= 15 is 0 Å². The second-order valence-corrected chi connectivity index (χ2v) is 9.27. The number of benzene rings is 2. The lowest BCUT2D eigenvalue weighted by Crippen LogP contribution is -2.48. The highest BCUT2D eigenvalue weighted by molar-refractivity contribution is 7.89. The number of hydrogen-bond acceptors (Lipinski definition) is 7. The number of nitriles is 2. The number of halogens is 5. The van der Waals surface area contributed by atoms with Crippen LogP contribution in [-0.2, 0) is 16.2 Å². The predicted octanol–water partition coefficient (Wildman–Crippen LogP) is 1.90. The van der Waals surface area contributed by atoms with Crippen molar-refractivity contribution in [2.75, 3.05) is 19.7 Å². The minimum absolute atomic E-state index is 0.359. The Bertz CT molecular complexity index is 1300. The van der Waals surface area contributed by atoms with Crippen LogP contribution in [0.3, 0.4) is 0 Å². The van der Waals surface area contributed by atoms with Crippen molar-refractivity contribution < 1.29 is 45.3 Å². The largest absolute Gasteiger partial charge is 0.486 e. The Balaban J connectivity index is 1.96. The summed E-state index contributed by atoms with van der Waals surface area (Å²) in [7, 11) is -4.68. The molecule has 1 fully saturated rings. The number of β-amino-alcohol motifs (C(OH)–C–C–N with tert-alkyl or cyclic N) is 1. The molecule has 2 N–H and O–H groups in total. The van der Waals surface area contributed by atoms with Crippen LogP contribution in [0.25, 0.3) is 0 Å². The maximum absolute atomic E-state index is 13.9. The SMILES string of the molecule is N#Cc1cc(C(F)(F)F)ccc1S(=O)(=O)N1C[C@H](Oc2cc(F)c(C#N)c(F)c2)[C@](O)(CO)C1. The number of rotatable bonds is 5. The highest BCUT2D eigenvalue weighted by Crippen LogP contribution is 2.35. The second kappa shape index (κ2) is 8.81. The zero-order valence-corrected chi connectivity index (χ0v) is 17.7. The van der Waals surface area contributed by atoms with Gasteiger partial charge in [0.25, 0.3) is 0 Å². The van der Waals surface area contributed by atoms with E-state index in [-0.39, 0.29) is 0 Å². The molecule has 0 radical (unpaired) electrons. The number of aliphatic hydroxyl groups is 2. The molecule has 2 aromatic rings. The fourth-order valence-corrected chi connectivity index (χ4v) is 4.98. The Morgan fingerprint density at radius 3 is 2.26 bits per heavy atom. The van der Waals surface area contributed by atoms with Crippen LogP contribution in [0.2, 0.25) is 0 Å². The van der Waals surface area contributed by atoms with E-state index in [1.807, 2.05) is 0 Å². The third-order valence-electron chi connectivity index (χ3n) is 5.14. The molecular weight excluding hydrogens is 489 g/mol. The number of nitrogens with zero attached hydrogens (tertiary/aromatic N) is 3. The van der Waals surface area contributed by atoms with E-state index in [4.69, 9.17) is 10.00 Å². The van der Waals surface area contributed by atoms with Gasteiger partial charge in [-0.15, -0.1) is 0 Å². The normalized spacial score (nSPS) is 21.1. The van der Waals surface area contributed by atoms with E-state index in [9.17, 15) is 45.8 Å². The van der Waals surface area contributed by atoms with Crippen molar-refractivity contribution in [2.45, 2.75) is 22.8 Å². The number of ether oxygens (including phenoxy) is 1. The Morgan fingerprint density at radius 1 is 1.15 bits per heavy atom. The van der Waals surface area contributed by atoms with E-state index < -0.39 is 86.6 Å². The summed E-state index contributed by atoms with van der Waals surface area (Å²) in [5.41, 5.74) is -5.22. The molecule has 3 rings (SSSR count). The van der Waals surface area contributed by atoms with Crippen LogP contribution in [0, 0.1) is 34.3 Å². The molecule has 180 valence electrons. The quantitative estimate of drug-likeness (QED) is 0.595. The van der Waals surface area contributed by atoms with Gasteiger partial charge in [0.15, 0.2) is 0 Å². The van der Waals surface area contributed by atoms with Gasteiger partial charge in [0.05, 0.1) is 29.2 Å². The smallest absolute Gasteiger partial charge is 0.416 e. The average molecular weight is 503 g/mol. The van der Waals surface area contributed by atoms with Crippen molar-refractivity contribution >= 4 is 10.0 Å². The molecule has 0 unspecified atom stereocenters. The first-order valence-corrected chi connectivity index (χ1v) is 10.7. The summed E-state index contributed by atoms with van der Waals surface area (Å²) in [5, 5.41) is 38.2. The summed E-state index contributed by atoms with van der Waals surface area (Å²) in [4.78, 5) is -0.778. The number of alkyl halides is 3. The second-order valence-electron chi connectivity index (χ2n) is 7.36.